The first-order valence-corrected chi connectivity index (χ1v) is 20.6. The van der Waals surface area contributed by atoms with Crippen LogP contribution in [0.4, 0.5) is 13.4 Å². The quantitative estimate of drug-likeness (QED) is 0.0992. The summed E-state index contributed by atoms with van der Waals surface area (Å²) < 4.78 is 50.4. The van der Waals surface area contributed by atoms with Gasteiger partial charge in [-0.2, -0.15) is 0 Å². The Morgan fingerprint density at radius 3 is 2.47 bits per heavy atom. The number of aryl methyl sites for hydroxylation is 2. The molecule has 0 aromatic carbocycles. The fraction of sp³-hybridized carbons (Fsp3) is 0.455. The van der Waals surface area contributed by atoms with Crippen molar-refractivity contribution < 1.29 is 56.4 Å². The lowest BCUT2D eigenvalue weighted by atomic mass is 9.85. The highest BCUT2D eigenvalue weighted by Crippen LogP contribution is 2.35. The van der Waals surface area contributed by atoms with Crippen molar-refractivity contribution in [2.75, 3.05) is 27.3 Å². The molecule has 4 aliphatic rings. The molecule has 0 unspecified atom stereocenters. The lowest BCUT2D eigenvalue weighted by Crippen LogP contribution is -2.50. The van der Waals surface area contributed by atoms with Crippen LogP contribution in [0.1, 0.15) is 70.3 Å². The van der Waals surface area contributed by atoms with E-state index in [-0.39, 0.29) is 67.2 Å². The SMILES string of the molecule is CO[C@H]1/C=C\C=C(/C)C(=O)NC2=CC(=O)C(NCCNC(=O)CCC3=[N+]4C(=Cc5c(C)cc(C)n5[B-]4(F)F)C=C3)=C(C[C@@H](C)C[C@H](OC)[C@H](O)[C@@H](C)/C=C(\C)[C@@H]1OC(N)=O)C2=O. The van der Waals surface area contributed by atoms with Gasteiger partial charge in [-0.05, 0) is 69.4 Å². The van der Waals surface area contributed by atoms with Crippen LogP contribution >= 0.6 is 0 Å². The molecule has 1 aliphatic carbocycles. The molecule has 0 saturated heterocycles. The van der Waals surface area contributed by atoms with Gasteiger partial charge in [-0.1, -0.05) is 38.2 Å². The topological polar surface area (TPSA) is 203 Å². The molecule has 1 aromatic rings. The number of ether oxygens (including phenoxy) is 3. The summed E-state index contributed by atoms with van der Waals surface area (Å²) in [6.45, 7) is 6.18. The summed E-state index contributed by atoms with van der Waals surface area (Å²) in [6.07, 6.45) is 7.93. The Hall–Kier alpha value is -5.72. The number of allylic oxidation sites excluding steroid dienone is 6. The van der Waals surface area contributed by atoms with E-state index in [1.807, 2.05) is 6.92 Å². The van der Waals surface area contributed by atoms with Gasteiger partial charge in [0.1, 0.15) is 11.8 Å². The largest absolute Gasteiger partial charge is 0.737 e. The third-order valence-corrected chi connectivity index (χ3v) is 11.6. The van der Waals surface area contributed by atoms with Gasteiger partial charge in [-0.3, -0.25) is 19.2 Å². The van der Waals surface area contributed by atoms with Crippen molar-refractivity contribution >= 4 is 48.2 Å². The minimum atomic E-state index is -4.16. The van der Waals surface area contributed by atoms with Crippen molar-refractivity contribution in [3.8, 4) is 0 Å². The summed E-state index contributed by atoms with van der Waals surface area (Å²) >= 11 is 0. The second-order valence-corrected chi connectivity index (χ2v) is 16.3. The number of carbonyl (C=O) groups is 5. The summed E-state index contributed by atoms with van der Waals surface area (Å²) in [6, 6.07) is 1.73. The molecule has 5 rings (SSSR count). The fourth-order valence-corrected chi connectivity index (χ4v) is 8.39. The molecule has 334 valence electrons. The number of carbonyl (C=O) groups excluding carboxylic acids is 5. The summed E-state index contributed by atoms with van der Waals surface area (Å²) in [4.78, 5) is 65.8. The van der Waals surface area contributed by atoms with Crippen LogP contribution in [0.5, 0.6) is 0 Å². The second kappa shape index (κ2) is 20.0. The molecule has 3 amide bonds. The van der Waals surface area contributed by atoms with Gasteiger partial charge in [-0.15, -0.1) is 0 Å². The third kappa shape index (κ3) is 10.5. The summed E-state index contributed by atoms with van der Waals surface area (Å²) in [7, 11) is 2.86. The van der Waals surface area contributed by atoms with E-state index < -0.39 is 66.8 Å². The van der Waals surface area contributed by atoms with Crippen LogP contribution in [0.25, 0.3) is 6.08 Å². The smallest absolute Gasteiger partial charge is 0.439 e. The Kier molecular flexibility index (Phi) is 15.3. The van der Waals surface area contributed by atoms with E-state index in [1.54, 1.807) is 64.1 Å². The second-order valence-electron chi connectivity index (χ2n) is 16.3. The van der Waals surface area contributed by atoms with Crippen molar-refractivity contribution in [3.05, 3.63) is 99.4 Å². The minimum absolute atomic E-state index is 0.00170. The molecule has 0 saturated carbocycles. The molecule has 4 heterocycles. The number of halogens is 2. The lowest BCUT2D eigenvalue weighted by Gasteiger charge is -2.30. The normalized spacial score (nSPS) is 27.8. The number of rotatable bonds is 10. The Bertz CT molecular complexity index is 2250. The standard InChI is InChI=1S/C44H57BF2N6O9/c1-24-18-32-39(50-17-16-49-38(55)15-14-30-12-13-31-22-34-26(3)21-29(6)52(34)45(46,47)53(30)31)35(54)23-33(41(32)57)51-43(58)25(2)10-9-11-36(60-7)42(62-44(48)59)28(5)20-27(4)40(56)37(19-24)61-8/h9-13,20-24,27,36-37,40,42,50,56H,14-19H2,1-8H3,(H2,48,59)(H,49,55)(H,51,58)/b11-9-,25-10+,28-20+/t24-,27+,36+,37+,40-,42+/m1/s1. The van der Waals surface area contributed by atoms with Crippen LogP contribution in [0.15, 0.2) is 82.4 Å². The average Bonchev–Trinajstić information content (AvgIpc) is 3.77. The van der Waals surface area contributed by atoms with E-state index in [1.165, 1.54) is 33.3 Å². The summed E-state index contributed by atoms with van der Waals surface area (Å²) in [5, 5.41) is 19.8. The number of primary amides is 1. The van der Waals surface area contributed by atoms with Crippen LogP contribution < -0.4 is 21.7 Å². The van der Waals surface area contributed by atoms with E-state index in [0.29, 0.717) is 28.4 Å². The third-order valence-electron chi connectivity index (χ3n) is 11.6. The van der Waals surface area contributed by atoms with Crippen LogP contribution in [0.2, 0.25) is 0 Å². The van der Waals surface area contributed by atoms with Crippen LogP contribution in [-0.4, -0.2) is 108 Å². The number of nitrogens with zero attached hydrogens (tertiary/aromatic N) is 2. The molecule has 18 heteroatoms. The van der Waals surface area contributed by atoms with Crippen LogP contribution in [0.3, 0.4) is 0 Å². The van der Waals surface area contributed by atoms with Crippen molar-refractivity contribution in [1.29, 1.82) is 0 Å². The molecule has 62 heavy (non-hydrogen) atoms. The molecule has 1 aromatic heterocycles. The zero-order chi connectivity index (χ0) is 45.6. The van der Waals surface area contributed by atoms with Gasteiger partial charge in [0.25, 0.3) is 5.91 Å². The molecule has 2 bridgehead atoms. The van der Waals surface area contributed by atoms with Gasteiger partial charge in [0.2, 0.25) is 17.5 Å². The zero-order valence-electron chi connectivity index (χ0n) is 36.4. The maximum atomic E-state index is 15.8. The highest BCUT2D eigenvalue weighted by molar-refractivity contribution is 6.58. The number of aliphatic hydroxyl groups excluding tert-OH is 1. The number of ketones is 2. The number of nitrogens with two attached hydrogens (primary N) is 1. The van der Waals surface area contributed by atoms with E-state index in [2.05, 4.69) is 16.0 Å². The number of amides is 3. The fourth-order valence-electron chi connectivity index (χ4n) is 8.39. The highest BCUT2D eigenvalue weighted by atomic mass is 19.2. The van der Waals surface area contributed by atoms with Crippen molar-refractivity contribution in [3.63, 3.8) is 0 Å². The van der Waals surface area contributed by atoms with Gasteiger partial charge >= 0.3 is 13.1 Å². The van der Waals surface area contributed by atoms with Crippen LogP contribution in [0, 0.1) is 25.7 Å². The van der Waals surface area contributed by atoms with Gasteiger partial charge in [0, 0.05) is 87.2 Å². The molecule has 0 fully saturated rings. The first-order valence-electron chi connectivity index (χ1n) is 20.6. The van der Waals surface area contributed by atoms with Crippen LogP contribution in [-0.2, 0) is 33.4 Å². The molecule has 6 N–H and O–H groups in total. The van der Waals surface area contributed by atoms with E-state index in [0.717, 1.165) is 20.6 Å². The van der Waals surface area contributed by atoms with E-state index in [4.69, 9.17) is 19.9 Å². The Morgan fingerprint density at radius 2 is 1.79 bits per heavy atom. The molecule has 0 radical (unpaired) electrons. The Balaban J connectivity index is 1.32. The van der Waals surface area contributed by atoms with Gasteiger partial charge in [0.15, 0.2) is 11.8 Å². The van der Waals surface area contributed by atoms with Crippen molar-refractivity contribution in [1.82, 2.24) is 20.4 Å². The average molecular weight is 863 g/mol. The molecule has 6 atom stereocenters. The predicted molar refractivity (Wildman–Crippen MR) is 229 cm³/mol. The van der Waals surface area contributed by atoms with Gasteiger partial charge in [0.05, 0.1) is 23.6 Å². The first-order chi connectivity index (χ1) is 29.3. The number of nitrogens with one attached hydrogen (secondary N) is 3. The van der Waals surface area contributed by atoms with Gasteiger partial charge < -0.3 is 58.6 Å². The molecular formula is C44H57BF2N6O9. The summed E-state index contributed by atoms with van der Waals surface area (Å²) in [5.74, 6) is -3.07. The maximum absolute atomic E-state index is 15.8. The molecule has 3 aliphatic heterocycles. The molecule has 0 spiro atoms. The highest BCUT2D eigenvalue weighted by Gasteiger charge is 2.52. The molecular weight excluding hydrogens is 805 g/mol. The number of fused-ring (bicyclic) bond motifs is 4. The maximum Gasteiger partial charge on any atom is 0.737 e. The number of hydrogen-bond donors (Lipinski definition) is 5. The summed E-state index contributed by atoms with van der Waals surface area (Å²) in [5.41, 5.74) is 8.34. The molecule has 15 nitrogen and oxygen atoms in total. The Labute approximate surface area is 360 Å². The lowest BCUT2D eigenvalue weighted by molar-refractivity contribution is -0.362. The monoisotopic (exact) mass is 862 g/mol. The Morgan fingerprint density at radius 1 is 1.06 bits per heavy atom. The number of Topliss-reactive ketones (excluding diaryl/α,β-unsaturated/α-hetero) is 1. The van der Waals surface area contributed by atoms with E-state index in [9.17, 15) is 29.1 Å². The number of aliphatic hydroxyl groups is 1. The minimum Gasteiger partial charge on any atom is -0.439 e. The van der Waals surface area contributed by atoms with Gasteiger partial charge in [-0.25, -0.2) is 4.79 Å². The van der Waals surface area contributed by atoms with Crippen molar-refractivity contribution in [2.24, 2.45) is 17.6 Å². The number of aromatic nitrogens is 1. The zero-order valence-corrected chi connectivity index (χ0v) is 36.4. The predicted octanol–water partition coefficient (Wildman–Crippen LogP) is 3.97. The number of hydrogen-bond acceptors (Lipinski definition) is 10. The van der Waals surface area contributed by atoms with Crippen molar-refractivity contribution in [2.45, 2.75) is 91.6 Å². The van der Waals surface area contributed by atoms with E-state index >= 15 is 8.63 Å². The first kappa shape index (κ1) is 47.3. The number of methoxy groups -OCH3 is 2.